The standard InChI is InChI=1S/C29H28N4O2/c1-17-15-21-22(16-18(17)2)33-25(20-13-9-6-10-14-20)23-26(31(3)29(35)32(4)28(23)34)27(33)24(30-21)19-11-7-5-8-12-19/h5-16,24,29-30,35H,1-4H3. The number of aryl methyl sites for hydroxylation is 2. The Bertz CT molecular complexity index is 1460. The summed E-state index contributed by atoms with van der Waals surface area (Å²) >= 11 is 0. The molecule has 0 saturated carbocycles. The highest BCUT2D eigenvalue weighted by atomic mass is 16.3. The maximum Gasteiger partial charge on any atom is 0.261 e. The summed E-state index contributed by atoms with van der Waals surface area (Å²) in [6.07, 6.45) is -1.05. The van der Waals surface area contributed by atoms with Gasteiger partial charge in [-0.15, -0.1) is 0 Å². The van der Waals surface area contributed by atoms with Crippen LogP contribution < -0.4 is 10.2 Å². The lowest BCUT2D eigenvalue weighted by atomic mass is 9.96. The molecule has 6 nitrogen and oxygen atoms in total. The van der Waals surface area contributed by atoms with Crippen LogP contribution in [0.3, 0.4) is 0 Å². The number of fused-ring (bicyclic) bond motifs is 5. The molecule has 2 atom stereocenters. The van der Waals surface area contributed by atoms with Crippen LogP contribution in [0.1, 0.15) is 38.8 Å². The first-order chi connectivity index (χ1) is 16.9. The maximum absolute atomic E-state index is 13.8. The molecule has 0 saturated heterocycles. The highest BCUT2D eigenvalue weighted by molar-refractivity contribution is 6.09. The van der Waals surface area contributed by atoms with Crippen molar-refractivity contribution in [3.63, 3.8) is 0 Å². The monoisotopic (exact) mass is 464 g/mol. The van der Waals surface area contributed by atoms with Crippen molar-refractivity contribution < 1.29 is 9.90 Å². The zero-order chi connectivity index (χ0) is 24.4. The molecule has 0 fully saturated rings. The highest BCUT2D eigenvalue weighted by Crippen LogP contribution is 2.51. The van der Waals surface area contributed by atoms with E-state index in [4.69, 9.17) is 0 Å². The van der Waals surface area contributed by atoms with Crippen molar-refractivity contribution in [3.05, 3.63) is 101 Å². The van der Waals surface area contributed by atoms with Crippen LogP contribution in [-0.4, -0.2) is 40.9 Å². The highest BCUT2D eigenvalue weighted by Gasteiger charge is 2.44. The van der Waals surface area contributed by atoms with Crippen LogP contribution in [0.2, 0.25) is 0 Å². The van der Waals surface area contributed by atoms with E-state index >= 15 is 0 Å². The van der Waals surface area contributed by atoms with Gasteiger partial charge < -0.3 is 19.9 Å². The summed E-state index contributed by atoms with van der Waals surface area (Å²) < 4.78 is 2.23. The van der Waals surface area contributed by atoms with E-state index in [0.29, 0.717) is 5.56 Å². The predicted molar refractivity (Wildman–Crippen MR) is 139 cm³/mol. The molecule has 35 heavy (non-hydrogen) atoms. The Morgan fingerprint density at radius 3 is 2.17 bits per heavy atom. The average molecular weight is 465 g/mol. The lowest BCUT2D eigenvalue weighted by Crippen LogP contribution is -2.52. The number of nitrogens with zero attached hydrogens (tertiary/aromatic N) is 3. The number of aliphatic hydroxyl groups excluding tert-OH is 1. The third-order valence-corrected chi connectivity index (χ3v) is 7.37. The van der Waals surface area contributed by atoms with Gasteiger partial charge in [-0.2, -0.15) is 0 Å². The summed E-state index contributed by atoms with van der Waals surface area (Å²) in [6, 6.07) is 24.5. The molecule has 0 aliphatic carbocycles. The molecule has 176 valence electrons. The van der Waals surface area contributed by atoms with Crippen molar-refractivity contribution in [1.82, 2.24) is 9.47 Å². The number of rotatable bonds is 2. The number of aliphatic hydroxyl groups is 1. The number of nitrogens with one attached hydrogen (secondary N) is 1. The third-order valence-electron chi connectivity index (χ3n) is 7.37. The SMILES string of the molecule is Cc1cc2c(cc1C)-n1c(-c3ccccc3)c3c(c1C(c1ccccc1)N2)N(C)C(O)N(C)C3=O. The summed E-state index contributed by atoms with van der Waals surface area (Å²) in [5.74, 6) is -0.191. The normalized spacial score (nSPS) is 18.6. The molecule has 0 bridgehead atoms. The quantitative estimate of drug-likeness (QED) is 0.435. The molecule has 2 N–H and O–H groups in total. The number of carbonyl (C=O) groups is 1. The van der Waals surface area contributed by atoms with Gasteiger partial charge in [0.05, 0.1) is 40.1 Å². The summed E-state index contributed by atoms with van der Waals surface area (Å²) in [7, 11) is 3.49. The predicted octanol–water partition coefficient (Wildman–Crippen LogP) is 5.07. The first-order valence-corrected chi connectivity index (χ1v) is 11.8. The smallest absolute Gasteiger partial charge is 0.261 e. The van der Waals surface area contributed by atoms with Crippen LogP contribution in [0.4, 0.5) is 11.4 Å². The number of anilines is 2. The van der Waals surface area contributed by atoms with Crippen molar-refractivity contribution in [2.75, 3.05) is 24.3 Å². The molecular formula is C29H28N4O2. The maximum atomic E-state index is 13.8. The molecule has 1 amide bonds. The summed E-state index contributed by atoms with van der Waals surface area (Å²) in [4.78, 5) is 17.0. The summed E-state index contributed by atoms with van der Waals surface area (Å²) in [5, 5.41) is 14.7. The molecule has 2 aliphatic rings. The van der Waals surface area contributed by atoms with E-state index in [9.17, 15) is 9.90 Å². The van der Waals surface area contributed by atoms with Gasteiger partial charge in [-0.3, -0.25) is 9.69 Å². The fourth-order valence-electron chi connectivity index (χ4n) is 5.39. The lowest BCUT2D eigenvalue weighted by Gasteiger charge is -2.39. The number of benzene rings is 3. The molecule has 6 heteroatoms. The molecule has 3 heterocycles. The van der Waals surface area contributed by atoms with Gasteiger partial charge >= 0.3 is 0 Å². The van der Waals surface area contributed by atoms with Gasteiger partial charge in [-0.25, -0.2) is 0 Å². The number of hydrogen-bond donors (Lipinski definition) is 2. The average Bonchev–Trinajstić information content (AvgIpc) is 3.24. The Morgan fingerprint density at radius 1 is 0.857 bits per heavy atom. The minimum Gasteiger partial charge on any atom is -0.371 e. The van der Waals surface area contributed by atoms with Crippen LogP contribution in [0.25, 0.3) is 16.9 Å². The van der Waals surface area contributed by atoms with E-state index in [1.54, 1.807) is 11.9 Å². The van der Waals surface area contributed by atoms with Crippen molar-refractivity contribution in [1.29, 1.82) is 0 Å². The van der Waals surface area contributed by atoms with Gasteiger partial charge in [0.15, 0.2) is 0 Å². The van der Waals surface area contributed by atoms with Gasteiger partial charge in [0.2, 0.25) is 6.35 Å². The third kappa shape index (κ3) is 3.03. The molecule has 0 spiro atoms. The Labute approximate surface area is 205 Å². The Balaban J connectivity index is 1.79. The van der Waals surface area contributed by atoms with E-state index in [1.165, 1.54) is 16.0 Å². The van der Waals surface area contributed by atoms with Crippen LogP contribution >= 0.6 is 0 Å². The molecule has 0 radical (unpaired) electrons. The first-order valence-electron chi connectivity index (χ1n) is 11.8. The van der Waals surface area contributed by atoms with Gasteiger partial charge in [-0.1, -0.05) is 60.7 Å². The lowest BCUT2D eigenvalue weighted by molar-refractivity contribution is 0.0166. The fourth-order valence-corrected chi connectivity index (χ4v) is 5.39. The minimum atomic E-state index is -1.05. The van der Waals surface area contributed by atoms with E-state index in [0.717, 1.165) is 39.6 Å². The summed E-state index contributed by atoms with van der Waals surface area (Å²) in [5.41, 5.74) is 9.60. The van der Waals surface area contributed by atoms with E-state index < -0.39 is 6.35 Å². The molecule has 2 unspecified atom stereocenters. The second-order valence-corrected chi connectivity index (χ2v) is 9.47. The van der Waals surface area contributed by atoms with Crippen molar-refractivity contribution in [2.24, 2.45) is 0 Å². The van der Waals surface area contributed by atoms with Crippen LogP contribution in [-0.2, 0) is 0 Å². The van der Waals surface area contributed by atoms with E-state index in [1.807, 2.05) is 55.6 Å². The largest absolute Gasteiger partial charge is 0.371 e. The molecule has 2 aliphatic heterocycles. The number of hydrogen-bond acceptors (Lipinski definition) is 4. The van der Waals surface area contributed by atoms with E-state index in [-0.39, 0.29) is 11.9 Å². The van der Waals surface area contributed by atoms with Crippen molar-refractivity contribution in [3.8, 4) is 16.9 Å². The Kier molecular flexibility index (Phi) is 4.76. The minimum absolute atomic E-state index is 0.191. The number of amides is 1. The topological polar surface area (TPSA) is 60.7 Å². The van der Waals surface area contributed by atoms with Crippen molar-refractivity contribution in [2.45, 2.75) is 26.2 Å². The van der Waals surface area contributed by atoms with Gasteiger partial charge in [0, 0.05) is 14.1 Å². The van der Waals surface area contributed by atoms with Gasteiger partial charge in [-0.05, 0) is 48.2 Å². The molecule has 1 aromatic heterocycles. The second kappa shape index (κ2) is 7.75. The van der Waals surface area contributed by atoms with Crippen molar-refractivity contribution >= 4 is 17.3 Å². The van der Waals surface area contributed by atoms with Crippen LogP contribution in [0.5, 0.6) is 0 Å². The number of carbonyl (C=O) groups excluding carboxylic acids is 1. The Morgan fingerprint density at radius 2 is 1.49 bits per heavy atom. The molecule has 6 rings (SSSR count). The van der Waals surface area contributed by atoms with Crippen LogP contribution in [0, 0.1) is 13.8 Å². The van der Waals surface area contributed by atoms with Gasteiger partial charge in [0.1, 0.15) is 0 Å². The van der Waals surface area contributed by atoms with E-state index in [2.05, 4.69) is 48.0 Å². The van der Waals surface area contributed by atoms with Crippen LogP contribution in [0.15, 0.2) is 72.8 Å². The summed E-state index contributed by atoms with van der Waals surface area (Å²) in [6.45, 7) is 4.23. The Hall–Kier alpha value is -4.03. The zero-order valence-corrected chi connectivity index (χ0v) is 20.3. The second-order valence-electron chi connectivity index (χ2n) is 9.47. The first kappa shape index (κ1) is 21.5. The zero-order valence-electron chi connectivity index (χ0n) is 20.3. The molecule has 3 aromatic carbocycles. The molecular weight excluding hydrogens is 436 g/mol. The fraction of sp³-hybridized carbons (Fsp3) is 0.207. The number of aromatic nitrogens is 1. The van der Waals surface area contributed by atoms with Gasteiger partial charge in [0.25, 0.3) is 5.91 Å². The molecule has 4 aromatic rings.